The Morgan fingerprint density at radius 3 is 2.21 bits per heavy atom. The predicted octanol–water partition coefficient (Wildman–Crippen LogP) is 4.21. The molecule has 3 saturated carbocycles. The summed E-state index contributed by atoms with van der Waals surface area (Å²) < 4.78 is 12.5. The standard InChI is InChI=1S/C32H48O7/c1-10-38-24-14-22(35)32(9,39-28(24,4)5)25-20(34)15-29(6)21-12-11-17-18(13-19(33)26(37)27(17,2)3)31(21,8)23(36)16-30(25,29)7/h11,18,20-21,24-26,34,37H,10,12-16H2,1-9H3/t18-,20-,21+,24-,25+,26-,29+,30-,31+,32-/m1/s1. The van der Waals surface area contributed by atoms with Gasteiger partial charge in [0.1, 0.15) is 17.5 Å². The van der Waals surface area contributed by atoms with Gasteiger partial charge in [0.15, 0.2) is 11.6 Å². The van der Waals surface area contributed by atoms with E-state index in [1.807, 2.05) is 48.5 Å². The van der Waals surface area contributed by atoms with Gasteiger partial charge in [0.2, 0.25) is 0 Å². The third-order valence-corrected chi connectivity index (χ3v) is 12.6. The maximum atomic E-state index is 14.5. The number of carbonyl (C=O) groups excluding carboxylic acids is 3. The summed E-state index contributed by atoms with van der Waals surface area (Å²) in [6, 6.07) is 0. The van der Waals surface area contributed by atoms with Crippen molar-refractivity contribution in [3.8, 4) is 0 Å². The van der Waals surface area contributed by atoms with E-state index in [0.29, 0.717) is 19.4 Å². The highest BCUT2D eigenvalue weighted by molar-refractivity contribution is 5.93. The van der Waals surface area contributed by atoms with Crippen LogP contribution in [0.25, 0.3) is 0 Å². The average Bonchev–Trinajstić information content (AvgIpc) is 3.02. The van der Waals surface area contributed by atoms with Crippen LogP contribution in [0.5, 0.6) is 0 Å². The number of carbonyl (C=O) groups is 3. The van der Waals surface area contributed by atoms with Gasteiger partial charge in [0.25, 0.3) is 0 Å². The first-order chi connectivity index (χ1) is 17.8. The second-order valence-corrected chi connectivity index (χ2v) is 15.1. The number of aliphatic hydroxyl groups excluding tert-OH is 2. The summed E-state index contributed by atoms with van der Waals surface area (Å²) in [6.45, 7) is 18.1. The second-order valence-electron chi connectivity index (χ2n) is 15.1. The van der Waals surface area contributed by atoms with Gasteiger partial charge in [-0.2, -0.15) is 0 Å². The van der Waals surface area contributed by atoms with E-state index in [4.69, 9.17) is 9.47 Å². The normalized spacial score (nSPS) is 50.6. The zero-order chi connectivity index (χ0) is 29.1. The van der Waals surface area contributed by atoms with Gasteiger partial charge in [-0.3, -0.25) is 14.4 Å². The molecule has 0 amide bonds. The van der Waals surface area contributed by atoms with Gasteiger partial charge in [0, 0.05) is 42.6 Å². The van der Waals surface area contributed by atoms with Crippen molar-refractivity contribution in [1.82, 2.24) is 0 Å². The minimum absolute atomic E-state index is 0.0838. The van der Waals surface area contributed by atoms with Gasteiger partial charge < -0.3 is 19.7 Å². The first-order valence-electron chi connectivity index (χ1n) is 14.8. The molecule has 4 aliphatic carbocycles. The van der Waals surface area contributed by atoms with E-state index in [2.05, 4.69) is 19.9 Å². The van der Waals surface area contributed by atoms with Crippen molar-refractivity contribution in [1.29, 1.82) is 0 Å². The Morgan fingerprint density at radius 1 is 0.949 bits per heavy atom. The molecular weight excluding hydrogens is 496 g/mol. The summed E-state index contributed by atoms with van der Waals surface area (Å²) in [4.78, 5) is 41.3. The summed E-state index contributed by atoms with van der Waals surface area (Å²) in [6.07, 6.45) is 1.55. The second kappa shape index (κ2) is 8.56. The van der Waals surface area contributed by atoms with Crippen LogP contribution >= 0.6 is 0 Å². The number of allylic oxidation sites excluding steroid dienone is 1. The summed E-state index contributed by atoms with van der Waals surface area (Å²) >= 11 is 0. The quantitative estimate of drug-likeness (QED) is 0.512. The van der Waals surface area contributed by atoms with Gasteiger partial charge in [-0.1, -0.05) is 46.3 Å². The summed E-state index contributed by atoms with van der Waals surface area (Å²) in [5.74, 6) is -1.17. The smallest absolute Gasteiger partial charge is 0.167 e. The van der Waals surface area contributed by atoms with Crippen molar-refractivity contribution in [3.63, 3.8) is 0 Å². The van der Waals surface area contributed by atoms with E-state index in [0.717, 1.165) is 5.57 Å². The number of aliphatic hydroxyl groups is 2. The molecule has 10 atom stereocenters. The van der Waals surface area contributed by atoms with Crippen molar-refractivity contribution in [2.45, 2.75) is 124 Å². The molecule has 0 aromatic carbocycles. The van der Waals surface area contributed by atoms with Crippen LogP contribution in [0.1, 0.15) is 94.4 Å². The van der Waals surface area contributed by atoms with Gasteiger partial charge in [-0.15, -0.1) is 0 Å². The highest BCUT2D eigenvalue weighted by Gasteiger charge is 2.75. The molecule has 218 valence electrons. The van der Waals surface area contributed by atoms with E-state index in [-0.39, 0.29) is 54.6 Å². The van der Waals surface area contributed by atoms with Crippen LogP contribution in [0.2, 0.25) is 0 Å². The molecule has 0 unspecified atom stereocenters. The maximum Gasteiger partial charge on any atom is 0.167 e. The molecule has 0 spiro atoms. The van der Waals surface area contributed by atoms with Crippen molar-refractivity contribution in [3.05, 3.63) is 11.6 Å². The van der Waals surface area contributed by atoms with Crippen LogP contribution in [-0.2, 0) is 23.9 Å². The third-order valence-electron chi connectivity index (χ3n) is 12.6. The average molecular weight is 545 g/mol. The molecule has 7 heteroatoms. The monoisotopic (exact) mass is 544 g/mol. The number of hydrogen-bond donors (Lipinski definition) is 2. The van der Waals surface area contributed by atoms with E-state index >= 15 is 0 Å². The minimum atomic E-state index is -1.26. The van der Waals surface area contributed by atoms with E-state index < -0.39 is 51.0 Å². The van der Waals surface area contributed by atoms with Crippen LogP contribution in [0.4, 0.5) is 0 Å². The molecule has 5 rings (SSSR count). The molecule has 1 aliphatic heterocycles. The number of ketones is 3. The first-order valence-corrected chi connectivity index (χ1v) is 14.8. The lowest BCUT2D eigenvalue weighted by atomic mass is 9.38. The van der Waals surface area contributed by atoms with Crippen LogP contribution in [0, 0.1) is 39.4 Å². The van der Waals surface area contributed by atoms with Crippen LogP contribution in [0.3, 0.4) is 0 Å². The van der Waals surface area contributed by atoms with E-state index in [1.165, 1.54) is 0 Å². The van der Waals surface area contributed by atoms with Crippen molar-refractivity contribution >= 4 is 17.3 Å². The highest BCUT2D eigenvalue weighted by atomic mass is 16.6. The summed E-state index contributed by atoms with van der Waals surface area (Å²) in [5, 5.41) is 22.5. The lowest BCUT2D eigenvalue weighted by Crippen LogP contribution is -2.68. The van der Waals surface area contributed by atoms with Gasteiger partial charge >= 0.3 is 0 Å². The van der Waals surface area contributed by atoms with Crippen LogP contribution in [0.15, 0.2) is 11.6 Å². The number of ether oxygens (including phenoxy) is 2. The molecule has 0 radical (unpaired) electrons. The Kier molecular flexibility index (Phi) is 6.38. The SMILES string of the molecule is CCO[C@@H]1CC(=O)[C@](C)([C@H]2[C@H](O)C[C@@]3(C)[C@@H]4CC=C5[C@@H](CC(=O)[C@@H](O)C5(C)C)[C@]4(C)C(=O)C[C@]23C)OC1(C)C. The summed E-state index contributed by atoms with van der Waals surface area (Å²) in [7, 11) is 0. The number of hydrogen-bond acceptors (Lipinski definition) is 7. The van der Waals surface area contributed by atoms with Gasteiger partial charge in [-0.25, -0.2) is 0 Å². The van der Waals surface area contributed by atoms with Crippen molar-refractivity contribution in [2.24, 2.45) is 39.4 Å². The topological polar surface area (TPSA) is 110 Å². The van der Waals surface area contributed by atoms with Crippen LogP contribution < -0.4 is 0 Å². The fourth-order valence-electron chi connectivity index (χ4n) is 10.3. The molecule has 7 nitrogen and oxygen atoms in total. The molecule has 0 aromatic rings. The molecule has 1 saturated heterocycles. The zero-order valence-electron chi connectivity index (χ0n) is 25.2. The number of rotatable bonds is 3. The molecule has 4 fully saturated rings. The Hall–Kier alpha value is -1.41. The highest BCUT2D eigenvalue weighted by Crippen LogP contribution is 2.74. The van der Waals surface area contributed by atoms with E-state index in [9.17, 15) is 24.6 Å². The fraction of sp³-hybridized carbons (Fsp3) is 0.844. The Balaban J connectivity index is 1.59. The maximum absolute atomic E-state index is 14.5. The largest absolute Gasteiger partial charge is 0.393 e. The zero-order valence-corrected chi connectivity index (χ0v) is 25.2. The molecule has 2 N–H and O–H groups in total. The molecule has 39 heavy (non-hydrogen) atoms. The Bertz CT molecular complexity index is 1140. The molecule has 0 aromatic heterocycles. The van der Waals surface area contributed by atoms with E-state index in [1.54, 1.807) is 0 Å². The molecular formula is C32H48O7. The molecule has 1 heterocycles. The molecule has 0 bridgehead atoms. The van der Waals surface area contributed by atoms with Crippen LogP contribution in [-0.4, -0.2) is 63.7 Å². The third kappa shape index (κ3) is 3.52. The number of Topliss-reactive ketones (excluding diaryl/α,β-unsaturated/α-hetero) is 3. The predicted molar refractivity (Wildman–Crippen MR) is 146 cm³/mol. The van der Waals surface area contributed by atoms with Gasteiger partial charge in [-0.05, 0) is 63.2 Å². The van der Waals surface area contributed by atoms with Gasteiger partial charge in [0.05, 0.1) is 17.8 Å². The lowest BCUT2D eigenvalue weighted by Gasteiger charge is -2.65. The Morgan fingerprint density at radius 2 is 1.59 bits per heavy atom. The number of fused-ring (bicyclic) bond motifs is 5. The van der Waals surface area contributed by atoms with Crippen molar-refractivity contribution in [2.75, 3.05) is 6.61 Å². The first kappa shape index (κ1) is 29.1. The summed E-state index contributed by atoms with van der Waals surface area (Å²) in [5.41, 5.74) is -3.68. The Labute approximate surface area is 233 Å². The fourth-order valence-corrected chi connectivity index (χ4v) is 10.3. The molecule has 5 aliphatic rings. The van der Waals surface area contributed by atoms with Crippen molar-refractivity contribution < 1.29 is 34.1 Å². The lowest BCUT2D eigenvalue weighted by molar-refractivity contribution is -0.251. The minimum Gasteiger partial charge on any atom is -0.393 e.